The summed E-state index contributed by atoms with van der Waals surface area (Å²) in [4.78, 5) is 37.3. The first-order valence-electron chi connectivity index (χ1n) is 13.0. The van der Waals surface area contributed by atoms with E-state index in [1.807, 2.05) is 18.2 Å². The SMILES string of the molecule is CC(C)OC(=O)[C@H](C)NP(=S)(OC[C@@]1(C(F)F)O[C@@H](N2C=CC(=O)CC2=O)[C@H](O)[C@@H]1O)Oc1cccc2ccccc12. The molecule has 2 heterocycles. The predicted molar refractivity (Wildman–Crippen MR) is 150 cm³/mol. The lowest BCUT2D eigenvalue weighted by atomic mass is 9.96. The number of alkyl halides is 2. The molecule has 2 aliphatic heterocycles. The average Bonchev–Trinajstić information content (AvgIpc) is 3.18. The van der Waals surface area contributed by atoms with Crippen LogP contribution in [0.1, 0.15) is 27.2 Å². The van der Waals surface area contributed by atoms with Gasteiger partial charge in [0.2, 0.25) is 5.91 Å². The number of rotatable bonds is 11. The molecule has 6 atom stereocenters. The van der Waals surface area contributed by atoms with Crippen LogP contribution in [0.25, 0.3) is 10.8 Å². The second-order valence-electron chi connectivity index (χ2n) is 10.1. The van der Waals surface area contributed by atoms with E-state index in [2.05, 4.69) is 5.09 Å². The monoisotopic (exact) mass is 628 g/mol. The number of hydrogen-bond acceptors (Lipinski definition) is 10. The highest BCUT2D eigenvalue weighted by Crippen LogP contribution is 2.50. The quantitative estimate of drug-likeness (QED) is 0.192. The number of amides is 1. The van der Waals surface area contributed by atoms with E-state index in [0.717, 1.165) is 22.6 Å². The van der Waals surface area contributed by atoms with Crippen LogP contribution in [-0.4, -0.2) is 82.0 Å². The Bertz CT molecular complexity index is 1420. The fourth-order valence-electron chi connectivity index (χ4n) is 4.47. The molecule has 15 heteroatoms. The molecule has 228 valence electrons. The molecule has 0 bridgehead atoms. The van der Waals surface area contributed by atoms with Gasteiger partial charge in [-0.05, 0) is 50.1 Å². The number of aliphatic hydroxyl groups excluding tert-OH is 2. The minimum atomic E-state index is -3.92. The topological polar surface area (TPSA) is 144 Å². The summed E-state index contributed by atoms with van der Waals surface area (Å²) in [6.45, 7) is -0.294. The summed E-state index contributed by atoms with van der Waals surface area (Å²) in [7, 11) is 0. The van der Waals surface area contributed by atoms with Crippen molar-refractivity contribution in [2.75, 3.05) is 6.61 Å². The van der Waals surface area contributed by atoms with Gasteiger partial charge in [0, 0.05) is 11.6 Å². The Balaban J connectivity index is 1.65. The van der Waals surface area contributed by atoms with Gasteiger partial charge in [0.25, 0.3) is 6.43 Å². The lowest BCUT2D eigenvalue weighted by Crippen LogP contribution is -2.53. The number of aliphatic hydroxyl groups is 2. The Morgan fingerprint density at radius 1 is 1.19 bits per heavy atom. The molecule has 0 aromatic heterocycles. The van der Waals surface area contributed by atoms with Crippen LogP contribution < -0.4 is 9.61 Å². The van der Waals surface area contributed by atoms with Gasteiger partial charge in [-0.25, -0.2) is 13.9 Å². The highest BCUT2D eigenvalue weighted by molar-refractivity contribution is 8.09. The van der Waals surface area contributed by atoms with E-state index in [0.29, 0.717) is 5.39 Å². The van der Waals surface area contributed by atoms with Gasteiger partial charge >= 0.3 is 12.6 Å². The van der Waals surface area contributed by atoms with Gasteiger partial charge in [0.05, 0.1) is 19.1 Å². The molecule has 0 spiro atoms. The third-order valence-electron chi connectivity index (χ3n) is 6.62. The van der Waals surface area contributed by atoms with Crippen LogP contribution in [0.4, 0.5) is 8.78 Å². The number of nitrogens with zero attached hydrogens (tertiary/aromatic N) is 1. The summed E-state index contributed by atoms with van der Waals surface area (Å²) in [6.07, 6.45) is -8.42. The zero-order valence-corrected chi connectivity index (χ0v) is 24.6. The average molecular weight is 629 g/mol. The molecule has 2 aliphatic rings. The van der Waals surface area contributed by atoms with E-state index in [1.165, 1.54) is 6.92 Å². The number of ether oxygens (including phenoxy) is 2. The van der Waals surface area contributed by atoms with E-state index in [1.54, 1.807) is 38.1 Å². The van der Waals surface area contributed by atoms with Crippen LogP contribution in [0.3, 0.4) is 0 Å². The first-order valence-corrected chi connectivity index (χ1v) is 15.6. The third-order valence-corrected chi connectivity index (χ3v) is 9.09. The van der Waals surface area contributed by atoms with Crippen LogP contribution in [0.2, 0.25) is 0 Å². The highest BCUT2D eigenvalue weighted by Gasteiger charge is 2.62. The Morgan fingerprint density at radius 3 is 2.55 bits per heavy atom. The van der Waals surface area contributed by atoms with E-state index < -0.39 is 79.9 Å². The number of carbonyl (C=O) groups excluding carboxylic acids is 3. The minimum Gasteiger partial charge on any atom is -0.462 e. The van der Waals surface area contributed by atoms with Crippen LogP contribution in [-0.2, 0) is 40.2 Å². The molecule has 1 unspecified atom stereocenters. The van der Waals surface area contributed by atoms with Crippen molar-refractivity contribution < 1.29 is 51.9 Å². The van der Waals surface area contributed by atoms with Crippen molar-refractivity contribution in [3.8, 4) is 5.75 Å². The van der Waals surface area contributed by atoms with Crippen LogP contribution in [0, 0.1) is 0 Å². The van der Waals surface area contributed by atoms with Crippen molar-refractivity contribution >= 4 is 46.9 Å². The summed E-state index contributed by atoms with van der Waals surface area (Å²) >= 11 is 5.67. The number of allylic oxidation sites excluding steroid dienone is 1. The highest BCUT2D eigenvalue weighted by atomic mass is 32.5. The van der Waals surface area contributed by atoms with Gasteiger partial charge in [-0.2, -0.15) is 0 Å². The summed E-state index contributed by atoms with van der Waals surface area (Å²) < 4.78 is 51.9. The van der Waals surface area contributed by atoms with Crippen LogP contribution >= 0.6 is 6.64 Å². The van der Waals surface area contributed by atoms with Crippen molar-refractivity contribution in [2.45, 2.75) is 69.8 Å². The van der Waals surface area contributed by atoms with Crippen LogP contribution in [0.5, 0.6) is 5.75 Å². The van der Waals surface area contributed by atoms with Crippen molar-refractivity contribution in [2.24, 2.45) is 0 Å². The zero-order valence-electron chi connectivity index (χ0n) is 22.9. The van der Waals surface area contributed by atoms with Crippen LogP contribution in [0.15, 0.2) is 54.7 Å². The van der Waals surface area contributed by atoms with Gasteiger partial charge in [-0.1, -0.05) is 36.4 Å². The molecule has 0 saturated carbocycles. The Hall–Kier alpha value is -2.84. The summed E-state index contributed by atoms with van der Waals surface area (Å²) in [6, 6.07) is 11.1. The normalized spacial score (nSPS) is 26.6. The summed E-state index contributed by atoms with van der Waals surface area (Å²) in [5, 5.41) is 25.6. The molecule has 1 amide bonds. The van der Waals surface area contributed by atoms with E-state index >= 15 is 0 Å². The standard InChI is InChI=1S/C27H31F2N2O9PS/c1-15(2)38-25(36)16(3)30-41(42,40-20-10-6-8-17-7-4-5-9-19(17)20)37-14-27(26(28)29)23(35)22(34)24(39-27)31-12-11-18(32)13-21(31)33/h4-12,15-16,22-24,26,34-35H,13-14H2,1-3H3,(H,30,42)/t16-,22+,23-,24+,27+,41?/m0/s1. The molecule has 2 aromatic carbocycles. The zero-order chi connectivity index (χ0) is 30.8. The first-order chi connectivity index (χ1) is 19.8. The second-order valence-corrected chi connectivity index (χ2v) is 13.3. The summed E-state index contributed by atoms with van der Waals surface area (Å²) in [5.41, 5.74) is -2.87. The maximum Gasteiger partial charge on any atom is 0.323 e. The molecule has 0 radical (unpaired) electrons. The number of fused-ring (bicyclic) bond motifs is 1. The van der Waals surface area contributed by atoms with Gasteiger partial charge in [-0.15, -0.1) is 0 Å². The third kappa shape index (κ3) is 6.70. The van der Waals surface area contributed by atoms with E-state index in [4.69, 9.17) is 30.3 Å². The Labute approximate surface area is 245 Å². The number of ketones is 1. The number of nitrogens with one attached hydrogen (secondary N) is 1. The molecule has 42 heavy (non-hydrogen) atoms. The second kappa shape index (κ2) is 12.8. The lowest BCUT2D eigenvalue weighted by Gasteiger charge is -2.35. The smallest absolute Gasteiger partial charge is 0.323 e. The molecule has 1 fully saturated rings. The fourth-order valence-corrected chi connectivity index (χ4v) is 6.89. The number of halogens is 2. The molecule has 3 N–H and O–H groups in total. The maximum atomic E-state index is 14.7. The molecular weight excluding hydrogens is 597 g/mol. The van der Waals surface area contributed by atoms with Gasteiger partial charge in [0.1, 0.15) is 24.0 Å². The Kier molecular flexibility index (Phi) is 9.78. The Morgan fingerprint density at radius 2 is 1.88 bits per heavy atom. The number of hydrogen-bond donors (Lipinski definition) is 3. The maximum absolute atomic E-state index is 14.7. The van der Waals surface area contributed by atoms with Crippen molar-refractivity contribution in [1.29, 1.82) is 0 Å². The molecule has 0 aliphatic carbocycles. The number of esters is 1. The fraction of sp³-hybridized carbons (Fsp3) is 0.444. The van der Waals surface area contributed by atoms with Gasteiger partial charge in [-0.3, -0.25) is 19.3 Å². The molecule has 4 rings (SSSR count). The predicted octanol–water partition coefficient (Wildman–Crippen LogP) is 2.79. The number of benzene rings is 2. The van der Waals surface area contributed by atoms with E-state index in [-0.39, 0.29) is 5.75 Å². The molecule has 2 aromatic rings. The summed E-state index contributed by atoms with van der Waals surface area (Å²) in [5.74, 6) is -1.80. The lowest BCUT2D eigenvalue weighted by molar-refractivity contribution is -0.199. The number of carbonyl (C=O) groups is 3. The largest absolute Gasteiger partial charge is 0.462 e. The first kappa shape index (κ1) is 32.1. The van der Waals surface area contributed by atoms with Crippen molar-refractivity contribution in [3.05, 3.63) is 54.7 Å². The minimum absolute atomic E-state index is 0.235. The van der Waals surface area contributed by atoms with Crippen molar-refractivity contribution in [3.63, 3.8) is 0 Å². The van der Waals surface area contributed by atoms with Gasteiger partial charge in [0.15, 0.2) is 17.6 Å². The molecule has 11 nitrogen and oxygen atoms in total. The molecular formula is C27H31F2N2O9PS. The van der Waals surface area contributed by atoms with E-state index in [9.17, 15) is 33.4 Å². The van der Waals surface area contributed by atoms with Crippen molar-refractivity contribution in [1.82, 2.24) is 9.99 Å². The van der Waals surface area contributed by atoms with Gasteiger partial charge < -0.3 is 28.7 Å². The molecule has 1 saturated heterocycles.